The lowest BCUT2D eigenvalue weighted by Gasteiger charge is -2.10. The zero-order valence-electron chi connectivity index (χ0n) is 12.0. The topological polar surface area (TPSA) is 12.0 Å². The molecule has 1 nitrogen and oxygen atoms in total. The average Bonchev–Trinajstić information content (AvgIpc) is 2.42. The molecule has 20 heavy (non-hydrogen) atoms. The van der Waals surface area contributed by atoms with Gasteiger partial charge in [0.15, 0.2) is 0 Å². The van der Waals surface area contributed by atoms with E-state index in [2.05, 4.69) is 31.3 Å². The Morgan fingerprint density at radius 1 is 1.00 bits per heavy atom. The third kappa shape index (κ3) is 3.35. The monoisotopic (exact) mass is 275 g/mol. The highest BCUT2D eigenvalue weighted by Crippen LogP contribution is 2.20. The predicted molar refractivity (Wildman–Crippen MR) is 79.0 cm³/mol. The maximum atomic E-state index is 13.7. The molecule has 0 radical (unpaired) electrons. The molecule has 3 heteroatoms. The van der Waals surface area contributed by atoms with Crippen LogP contribution in [0.2, 0.25) is 0 Å². The van der Waals surface area contributed by atoms with E-state index in [1.165, 1.54) is 17.7 Å². The van der Waals surface area contributed by atoms with Gasteiger partial charge < -0.3 is 5.32 Å². The first-order valence-electron chi connectivity index (χ1n) is 6.75. The van der Waals surface area contributed by atoms with E-state index in [9.17, 15) is 8.78 Å². The second-order valence-corrected chi connectivity index (χ2v) is 5.33. The van der Waals surface area contributed by atoms with Crippen LogP contribution in [0.15, 0.2) is 36.4 Å². The summed E-state index contributed by atoms with van der Waals surface area (Å²) in [5, 5.41) is 2.93. The highest BCUT2D eigenvalue weighted by atomic mass is 19.1. The fourth-order valence-electron chi connectivity index (χ4n) is 2.00. The molecule has 2 aromatic carbocycles. The van der Waals surface area contributed by atoms with E-state index in [-0.39, 0.29) is 5.69 Å². The summed E-state index contributed by atoms with van der Waals surface area (Å²) in [6.45, 7) is 6.29. The van der Waals surface area contributed by atoms with Crippen molar-refractivity contribution in [3.8, 4) is 0 Å². The predicted octanol–water partition coefficient (Wildman–Crippen LogP) is 5.01. The molecule has 0 aromatic heterocycles. The summed E-state index contributed by atoms with van der Waals surface area (Å²) in [6.07, 6.45) is 0. The molecule has 2 aromatic rings. The van der Waals surface area contributed by atoms with Gasteiger partial charge in [0, 0.05) is 12.6 Å². The standard InChI is InChI=1S/C17H19F2N/c1-11(2)14-6-4-13(5-7-14)10-20-17-9-15(18)12(3)8-16(17)19/h4-9,11,20H,10H2,1-3H3. The zero-order chi connectivity index (χ0) is 14.7. The van der Waals surface area contributed by atoms with Crippen LogP contribution in [0, 0.1) is 18.6 Å². The first kappa shape index (κ1) is 14.5. The van der Waals surface area contributed by atoms with Crippen LogP contribution in [0.1, 0.15) is 36.5 Å². The van der Waals surface area contributed by atoms with Crippen molar-refractivity contribution < 1.29 is 8.78 Å². The first-order chi connectivity index (χ1) is 9.47. The summed E-state index contributed by atoms with van der Waals surface area (Å²) >= 11 is 0. The Labute approximate surface area is 118 Å². The van der Waals surface area contributed by atoms with Crippen LogP contribution >= 0.6 is 0 Å². The molecule has 0 aliphatic carbocycles. The van der Waals surface area contributed by atoms with Gasteiger partial charge >= 0.3 is 0 Å². The van der Waals surface area contributed by atoms with Crippen LogP contribution in [-0.2, 0) is 6.54 Å². The molecule has 0 saturated heterocycles. The highest BCUT2D eigenvalue weighted by molar-refractivity contribution is 5.47. The third-order valence-electron chi connectivity index (χ3n) is 3.38. The van der Waals surface area contributed by atoms with Crippen LogP contribution in [0.5, 0.6) is 0 Å². The number of rotatable bonds is 4. The van der Waals surface area contributed by atoms with Crippen molar-refractivity contribution in [3.05, 3.63) is 64.7 Å². The number of nitrogens with one attached hydrogen (secondary N) is 1. The molecule has 0 aliphatic heterocycles. The van der Waals surface area contributed by atoms with Crippen LogP contribution in [-0.4, -0.2) is 0 Å². The lowest BCUT2D eigenvalue weighted by atomic mass is 10.0. The van der Waals surface area contributed by atoms with Gasteiger partial charge in [-0.05, 0) is 35.6 Å². The molecule has 0 bridgehead atoms. The molecule has 0 saturated carbocycles. The highest BCUT2D eigenvalue weighted by Gasteiger charge is 2.07. The maximum Gasteiger partial charge on any atom is 0.146 e. The smallest absolute Gasteiger partial charge is 0.146 e. The average molecular weight is 275 g/mol. The Bertz CT molecular complexity index is 589. The van der Waals surface area contributed by atoms with Gasteiger partial charge in [0.05, 0.1) is 5.69 Å². The van der Waals surface area contributed by atoms with E-state index in [0.29, 0.717) is 18.0 Å². The summed E-state index contributed by atoms with van der Waals surface area (Å²) in [5.74, 6) is -0.340. The van der Waals surface area contributed by atoms with Crippen molar-refractivity contribution in [3.63, 3.8) is 0 Å². The van der Waals surface area contributed by atoms with Crippen LogP contribution in [0.3, 0.4) is 0 Å². The third-order valence-corrected chi connectivity index (χ3v) is 3.38. The molecule has 0 amide bonds. The van der Waals surface area contributed by atoms with Gasteiger partial charge in [0.2, 0.25) is 0 Å². The van der Waals surface area contributed by atoms with Gasteiger partial charge in [0.25, 0.3) is 0 Å². The molecule has 106 valence electrons. The van der Waals surface area contributed by atoms with E-state index in [4.69, 9.17) is 0 Å². The number of hydrogen-bond donors (Lipinski definition) is 1. The van der Waals surface area contributed by atoms with Gasteiger partial charge in [-0.2, -0.15) is 0 Å². The Balaban J connectivity index is 2.07. The summed E-state index contributed by atoms with van der Waals surface area (Å²) in [5.41, 5.74) is 2.81. The Kier molecular flexibility index (Phi) is 4.38. The molecule has 1 N–H and O–H groups in total. The minimum atomic E-state index is -0.428. The second-order valence-electron chi connectivity index (χ2n) is 5.33. The van der Waals surface area contributed by atoms with Gasteiger partial charge in [-0.25, -0.2) is 8.78 Å². The summed E-state index contributed by atoms with van der Waals surface area (Å²) in [4.78, 5) is 0. The van der Waals surface area contributed by atoms with Crippen LogP contribution in [0.4, 0.5) is 14.5 Å². The number of anilines is 1. The van der Waals surface area contributed by atoms with Gasteiger partial charge in [-0.15, -0.1) is 0 Å². The van der Waals surface area contributed by atoms with Crippen molar-refractivity contribution in [1.29, 1.82) is 0 Å². The van der Waals surface area contributed by atoms with E-state index < -0.39 is 11.6 Å². The van der Waals surface area contributed by atoms with Crippen molar-refractivity contribution in [1.82, 2.24) is 0 Å². The number of halogens is 2. The van der Waals surface area contributed by atoms with Gasteiger partial charge in [-0.3, -0.25) is 0 Å². The van der Waals surface area contributed by atoms with Crippen molar-refractivity contribution in [2.75, 3.05) is 5.32 Å². The summed E-state index contributed by atoms with van der Waals surface area (Å²) < 4.78 is 27.1. The molecule has 0 aliphatic rings. The molecule has 0 spiro atoms. The van der Waals surface area contributed by atoms with E-state index in [0.717, 1.165) is 5.56 Å². The van der Waals surface area contributed by atoms with E-state index in [1.54, 1.807) is 6.92 Å². The Morgan fingerprint density at radius 2 is 1.65 bits per heavy atom. The van der Waals surface area contributed by atoms with Crippen LogP contribution < -0.4 is 5.32 Å². The molecular weight excluding hydrogens is 256 g/mol. The molecule has 0 heterocycles. The fraction of sp³-hybridized carbons (Fsp3) is 0.294. The summed E-state index contributed by atoms with van der Waals surface area (Å²) in [6, 6.07) is 10.5. The van der Waals surface area contributed by atoms with Gasteiger partial charge in [0.1, 0.15) is 11.6 Å². The van der Waals surface area contributed by atoms with Crippen molar-refractivity contribution in [2.24, 2.45) is 0 Å². The number of hydrogen-bond acceptors (Lipinski definition) is 1. The Hall–Kier alpha value is -1.90. The largest absolute Gasteiger partial charge is 0.379 e. The lowest BCUT2D eigenvalue weighted by molar-refractivity contribution is 0.594. The van der Waals surface area contributed by atoms with Crippen LogP contribution in [0.25, 0.3) is 0 Å². The number of benzene rings is 2. The SMILES string of the molecule is Cc1cc(F)c(NCc2ccc(C(C)C)cc2)cc1F. The lowest BCUT2D eigenvalue weighted by Crippen LogP contribution is -2.03. The molecule has 0 unspecified atom stereocenters. The second kappa shape index (κ2) is 6.04. The van der Waals surface area contributed by atoms with Crippen molar-refractivity contribution in [2.45, 2.75) is 33.2 Å². The minimum absolute atomic E-state index is 0.195. The fourth-order valence-corrected chi connectivity index (χ4v) is 2.00. The van der Waals surface area contributed by atoms with E-state index >= 15 is 0 Å². The molecule has 2 rings (SSSR count). The maximum absolute atomic E-state index is 13.7. The molecule has 0 atom stereocenters. The summed E-state index contributed by atoms with van der Waals surface area (Å²) in [7, 11) is 0. The van der Waals surface area contributed by atoms with E-state index in [1.807, 2.05) is 12.1 Å². The first-order valence-corrected chi connectivity index (χ1v) is 6.75. The molecular formula is C17H19F2N. The van der Waals surface area contributed by atoms with Crippen molar-refractivity contribution >= 4 is 5.69 Å². The number of aryl methyl sites for hydroxylation is 1. The quantitative estimate of drug-likeness (QED) is 0.827. The van der Waals surface area contributed by atoms with Gasteiger partial charge in [-0.1, -0.05) is 38.1 Å². The molecule has 0 fully saturated rings. The Morgan fingerprint density at radius 3 is 2.25 bits per heavy atom. The minimum Gasteiger partial charge on any atom is -0.379 e. The zero-order valence-corrected chi connectivity index (χ0v) is 12.0. The normalized spacial score (nSPS) is 10.9.